The number of imide groups is 1. The van der Waals surface area contributed by atoms with Gasteiger partial charge in [0.25, 0.3) is 0 Å². The molecule has 210 valence electrons. The minimum absolute atomic E-state index is 0.0666. The van der Waals surface area contributed by atoms with Gasteiger partial charge in [0.15, 0.2) is 0 Å². The maximum Gasteiger partial charge on any atom is 0.235 e. The lowest BCUT2D eigenvalue weighted by atomic mass is 9.54. The number of carbonyl (C=O) groups is 3. The number of amides is 3. The number of anilines is 1. The van der Waals surface area contributed by atoms with Gasteiger partial charge in [0, 0.05) is 18.7 Å². The molecule has 1 fully saturated rings. The van der Waals surface area contributed by atoms with Crippen LogP contribution in [0.25, 0.3) is 0 Å². The average molecular weight is 597 g/mol. The number of para-hydroxylation sites is 1. The highest BCUT2D eigenvalue weighted by Gasteiger charge is 2.72. The van der Waals surface area contributed by atoms with E-state index in [9.17, 15) is 14.4 Å². The molecule has 2 bridgehead atoms. The van der Waals surface area contributed by atoms with E-state index in [1.807, 2.05) is 79.7 Å². The smallest absolute Gasteiger partial charge is 0.235 e. The van der Waals surface area contributed by atoms with Gasteiger partial charge in [-0.1, -0.05) is 66.7 Å². The molecule has 1 N–H and O–H groups in total. The van der Waals surface area contributed by atoms with Gasteiger partial charge in [-0.3, -0.25) is 19.3 Å². The van der Waals surface area contributed by atoms with Crippen LogP contribution >= 0.6 is 23.2 Å². The van der Waals surface area contributed by atoms with E-state index in [1.54, 1.807) is 24.3 Å². The van der Waals surface area contributed by atoms with E-state index in [-0.39, 0.29) is 18.9 Å². The molecule has 0 aromatic heterocycles. The number of aryl methyl sites for hydroxylation is 1. The van der Waals surface area contributed by atoms with Crippen molar-refractivity contribution in [2.24, 2.45) is 11.8 Å². The number of rotatable bonds is 6. The number of alkyl halides is 2. The highest BCUT2D eigenvalue weighted by atomic mass is 35.5. The van der Waals surface area contributed by atoms with Crippen molar-refractivity contribution in [3.8, 4) is 11.5 Å². The first-order valence-electron chi connectivity index (χ1n) is 13.8. The minimum atomic E-state index is -1.24. The van der Waals surface area contributed by atoms with Crippen molar-refractivity contribution in [3.05, 3.63) is 125 Å². The fourth-order valence-electron chi connectivity index (χ4n) is 6.79. The molecule has 1 heterocycles. The normalized spacial score (nSPS) is 25.1. The number of nitrogens with zero attached hydrogens (tertiary/aromatic N) is 1. The molecule has 1 saturated heterocycles. The lowest BCUT2D eigenvalue weighted by Gasteiger charge is -2.54. The van der Waals surface area contributed by atoms with Gasteiger partial charge in [0.2, 0.25) is 17.7 Å². The molecule has 2 atom stereocenters. The Morgan fingerprint density at radius 2 is 1.24 bits per heavy atom. The van der Waals surface area contributed by atoms with Crippen molar-refractivity contribution in [2.75, 3.05) is 11.9 Å². The number of hydrogen-bond acceptors (Lipinski definition) is 4. The van der Waals surface area contributed by atoms with Crippen molar-refractivity contribution < 1.29 is 19.1 Å². The summed E-state index contributed by atoms with van der Waals surface area (Å²) in [6.45, 7) is 1.90. The molecule has 4 aromatic carbocycles. The molecular weight excluding hydrogens is 571 g/mol. The van der Waals surface area contributed by atoms with Crippen LogP contribution < -0.4 is 10.1 Å². The van der Waals surface area contributed by atoms with E-state index in [0.717, 1.165) is 33.6 Å². The molecule has 6 nitrogen and oxygen atoms in total. The number of hydrogen-bond donors (Lipinski definition) is 1. The van der Waals surface area contributed by atoms with Crippen molar-refractivity contribution in [3.63, 3.8) is 0 Å². The Morgan fingerprint density at radius 1 is 0.762 bits per heavy atom. The van der Waals surface area contributed by atoms with Gasteiger partial charge >= 0.3 is 0 Å². The SMILES string of the molecule is Cc1ccccc1Oc1ccc(NC(=O)CCN2C(=O)[C@@H]3[C@@H](C2=O)C2(Cl)c4ccccc4C3(Cl)c3ccccc32)cc1. The van der Waals surface area contributed by atoms with E-state index in [0.29, 0.717) is 11.4 Å². The monoisotopic (exact) mass is 596 g/mol. The largest absolute Gasteiger partial charge is 0.457 e. The molecule has 42 heavy (non-hydrogen) atoms. The minimum Gasteiger partial charge on any atom is -0.457 e. The van der Waals surface area contributed by atoms with Gasteiger partial charge in [-0.05, 0) is 65.1 Å². The number of benzene rings is 4. The molecule has 0 saturated carbocycles. The predicted octanol–water partition coefficient (Wildman–Crippen LogP) is 6.71. The lowest BCUT2D eigenvalue weighted by Crippen LogP contribution is -2.57. The summed E-state index contributed by atoms with van der Waals surface area (Å²) >= 11 is 14.9. The van der Waals surface area contributed by atoms with Crippen LogP contribution in [0.2, 0.25) is 0 Å². The Labute approximate surface area is 253 Å². The first-order valence-corrected chi connectivity index (χ1v) is 14.6. The van der Waals surface area contributed by atoms with Crippen LogP contribution in [-0.4, -0.2) is 29.2 Å². The van der Waals surface area contributed by atoms with Crippen LogP contribution in [0, 0.1) is 18.8 Å². The predicted molar refractivity (Wildman–Crippen MR) is 161 cm³/mol. The van der Waals surface area contributed by atoms with Gasteiger partial charge in [0.05, 0.1) is 11.8 Å². The highest BCUT2D eigenvalue weighted by molar-refractivity contribution is 6.36. The second kappa shape index (κ2) is 9.72. The fourth-order valence-corrected chi connectivity index (χ4v) is 7.88. The topological polar surface area (TPSA) is 75.7 Å². The summed E-state index contributed by atoms with van der Waals surface area (Å²) in [4.78, 5) is 39.4. The zero-order valence-electron chi connectivity index (χ0n) is 22.6. The van der Waals surface area contributed by atoms with Crippen molar-refractivity contribution in [1.29, 1.82) is 0 Å². The molecular formula is C34H26Cl2N2O4. The van der Waals surface area contributed by atoms with Crippen LogP contribution in [0.3, 0.4) is 0 Å². The van der Waals surface area contributed by atoms with E-state index in [2.05, 4.69) is 5.32 Å². The van der Waals surface area contributed by atoms with E-state index < -0.39 is 33.4 Å². The van der Waals surface area contributed by atoms with Crippen LogP contribution in [0.15, 0.2) is 97.1 Å². The Bertz CT molecular complexity index is 1650. The summed E-state index contributed by atoms with van der Waals surface area (Å²) in [5.74, 6) is -1.49. The number of nitrogens with one attached hydrogen (secondary N) is 1. The molecule has 0 radical (unpaired) electrons. The standard InChI is InChI=1S/C34H26Cl2N2O4/c1-20-8-2-7-13-27(20)42-22-16-14-21(15-17-22)37-28(39)18-19-38-31(40)29-30(32(38)41)34(36)24-10-4-3-9-23(24)33(29,35)25-11-5-6-12-26(25)34/h2-17,29-30H,18-19H2,1H3,(H,37,39)/t29-,30-,33?,34?/m0/s1. The van der Waals surface area contributed by atoms with Crippen molar-refractivity contribution >= 4 is 46.6 Å². The number of likely N-dealkylation sites (tertiary alicyclic amines) is 1. The summed E-state index contributed by atoms with van der Waals surface area (Å²) < 4.78 is 5.92. The number of carbonyl (C=O) groups excluding carboxylic acids is 3. The summed E-state index contributed by atoms with van der Waals surface area (Å²) in [5.41, 5.74) is 4.58. The van der Waals surface area contributed by atoms with Gasteiger partial charge in [-0.15, -0.1) is 23.2 Å². The summed E-state index contributed by atoms with van der Waals surface area (Å²) in [6.07, 6.45) is -0.0666. The second-order valence-electron chi connectivity index (χ2n) is 11.0. The summed E-state index contributed by atoms with van der Waals surface area (Å²) in [5, 5.41) is 2.84. The van der Waals surface area contributed by atoms with Gasteiger partial charge in [-0.2, -0.15) is 0 Å². The van der Waals surface area contributed by atoms with Crippen LogP contribution in [-0.2, 0) is 24.1 Å². The molecule has 4 aliphatic rings. The van der Waals surface area contributed by atoms with Crippen LogP contribution in [0.5, 0.6) is 11.5 Å². The summed E-state index contributed by atoms with van der Waals surface area (Å²) in [7, 11) is 0. The van der Waals surface area contributed by atoms with E-state index in [1.165, 1.54) is 4.90 Å². The first kappa shape index (κ1) is 26.7. The van der Waals surface area contributed by atoms with Crippen LogP contribution in [0.4, 0.5) is 5.69 Å². The second-order valence-corrected chi connectivity index (χ2v) is 12.2. The summed E-state index contributed by atoms with van der Waals surface area (Å²) in [6, 6.07) is 29.8. The molecule has 8 heteroatoms. The first-order chi connectivity index (χ1) is 20.2. The maximum atomic E-state index is 13.9. The molecule has 4 aromatic rings. The van der Waals surface area contributed by atoms with Crippen molar-refractivity contribution in [2.45, 2.75) is 23.1 Å². The Morgan fingerprint density at radius 3 is 1.74 bits per heavy atom. The van der Waals surface area contributed by atoms with E-state index in [4.69, 9.17) is 27.9 Å². The lowest BCUT2D eigenvalue weighted by molar-refractivity contribution is -0.140. The van der Waals surface area contributed by atoms with E-state index >= 15 is 0 Å². The van der Waals surface area contributed by atoms with Crippen molar-refractivity contribution in [1.82, 2.24) is 4.90 Å². The molecule has 8 rings (SSSR count). The fraction of sp³-hybridized carbons (Fsp3) is 0.206. The molecule has 3 amide bonds. The Hall–Kier alpha value is -4.13. The number of halogens is 2. The number of ether oxygens (including phenoxy) is 1. The molecule has 0 unspecified atom stereocenters. The molecule has 3 aliphatic carbocycles. The third-order valence-corrected chi connectivity index (χ3v) is 9.98. The zero-order chi connectivity index (χ0) is 29.2. The Balaban J connectivity index is 1.09. The quantitative estimate of drug-likeness (QED) is 0.198. The molecule has 0 spiro atoms. The zero-order valence-corrected chi connectivity index (χ0v) is 24.2. The third kappa shape index (κ3) is 3.75. The van der Waals surface area contributed by atoms with Gasteiger partial charge in [-0.25, -0.2) is 0 Å². The highest BCUT2D eigenvalue weighted by Crippen LogP contribution is 2.69. The average Bonchev–Trinajstić information content (AvgIpc) is 3.27. The van der Waals surface area contributed by atoms with Crippen LogP contribution in [0.1, 0.15) is 34.2 Å². The Kier molecular flexibility index (Phi) is 6.19. The van der Waals surface area contributed by atoms with Gasteiger partial charge < -0.3 is 10.1 Å². The maximum absolute atomic E-state index is 13.9. The third-order valence-electron chi connectivity index (χ3n) is 8.70. The molecule has 1 aliphatic heterocycles. The van der Waals surface area contributed by atoms with Gasteiger partial charge in [0.1, 0.15) is 21.2 Å².